The zero-order valence-corrected chi connectivity index (χ0v) is 16.4. The predicted octanol–water partition coefficient (Wildman–Crippen LogP) is 5.54. The Bertz CT molecular complexity index is 770. The van der Waals surface area contributed by atoms with E-state index in [4.69, 9.17) is 44.3 Å². The predicted molar refractivity (Wildman–Crippen MR) is 103 cm³/mol. The highest BCUT2D eigenvalue weighted by Crippen LogP contribution is 2.31. The molecular weight excluding hydrogens is 385 g/mol. The van der Waals surface area contributed by atoms with Gasteiger partial charge >= 0.3 is 5.97 Å². The molecule has 0 fully saturated rings. The van der Waals surface area contributed by atoms with Crippen molar-refractivity contribution in [2.75, 3.05) is 25.6 Å². The Morgan fingerprint density at radius 1 is 1.08 bits per heavy atom. The highest BCUT2D eigenvalue weighted by Gasteiger charge is 2.16. The van der Waals surface area contributed by atoms with Gasteiger partial charge in [0.2, 0.25) is 0 Å². The van der Waals surface area contributed by atoms with Crippen LogP contribution in [0.4, 0.5) is 5.69 Å². The molecule has 134 valence electrons. The van der Waals surface area contributed by atoms with Crippen molar-refractivity contribution in [1.29, 1.82) is 0 Å². The van der Waals surface area contributed by atoms with Gasteiger partial charge in [-0.2, -0.15) is 0 Å². The van der Waals surface area contributed by atoms with E-state index in [9.17, 15) is 4.79 Å². The van der Waals surface area contributed by atoms with Crippen LogP contribution in [0.2, 0.25) is 15.1 Å². The number of methoxy groups -OCH3 is 1. The van der Waals surface area contributed by atoms with Crippen molar-refractivity contribution in [3.8, 4) is 5.75 Å². The molecule has 0 saturated heterocycles. The van der Waals surface area contributed by atoms with Crippen molar-refractivity contribution < 1.29 is 14.3 Å². The second-order valence-corrected chi connectivity index (χ2v) is 6.67. The van der Waals surface area contributed by atoms with Gasteiger partial charge < -0.3 is 14.8 Å². The van der Waals surface area contributed by atoms with Gasteiger partial charge in [-0.3, -0.25) is 0 Å². The number of hydrogen-bond donors (Lipinski definition) is 1. The first kappa shape index (κ1) is 19.7. The summed E-state index contributed by atoms with van der Waals surface area (Å²) in [5, 5.41) is 4.53. The highest BCUT2D eigenvalue weighted by molar-refractivity contribution is 6.37. The van der Waals surface area contributed by atoms with Gasteiger partial charge in [0.15, 0.2) is 0 Å². The number of hydrogen-bond acceptors (Lipinski definition) is 4. The van der Waals surface area contributed by atoms with Crippen LogP contribution in [0.25, 0.3) is 0 Å². The van der Waals surface area contributed by atoms with Crippen LogP contribution in [0.15, 0.2) is 24.3 Å². The van der Waals surface area contributed by atoms with E-state index in [2.05, 4.69) is 5.32 Å². The van der Waals surface area contributed by atoms with Gasteiger partial charge in [-0.05, 0) is 49.2 Å². The molecule has 0 bridgehead atoms. The van der Waals surface area contributed by atoms with E-state index in [1.807, 2.05) is 26.0 Å². The number of aryl methyl sites for hydroxylation is 2. The molecule has 7 heteroatoms. The minimum atomic E-state index is -0.517. The normalized spacial score (nSPS) is 10.5. The van der Waals surface area contributed by atoms with E-state index < -0.39 is 5.97 Å². The first-order chi connectivity index (χ1) is 11.8. The first-order valence-electron chi connectivity index (χ1n) is 7.54. The number of ether oxygens (including phenoxy) is 2. The van der Waals surface area contributed by atoms with Crippen LogP contribution in [-0.4, -0.2) is 26.2 Å². The molecule has 0 heterocycles. The molecule has 0 aliphatic heterocycles. The molecule has 2 aromatic carbocycles. The van der Waals surface area contributed by atoms with Crippen LogP contribution in [0.5, 0.6) is 5.75 Å². The number of esters is 1. The molecule has 0 aliphatic carbocycles. The van der Waals surface area contributed by atoms with Crippen LogP contribution < -0.4 is 10.1 Å². The molecule has 0 atom stereocenters. The summed E-state index contributed by atoms with van der Waals surface area (Å²) in [7, 11) is 1.30. The smallest absolute Gasteiger partial charge is 0.340 e. The molecule has 0 saturated carbocycles. The van der Waals surface area contributed by atoms with Gasteiger partial charge in [-0.15, -0.1) is 0 Å². The Hall–Kier alpha value is -1.62. The molecule has 0 aliphatic rings. The topological polar surface area (TPSA) is 47.6 Å². The van der Waals surface area contributed by atoms with Crippen LogP contribution >= 0.6 is 34.8 Å². The Morgan fingerprint density at radius 3 is 2.32 bits per heavy atom. The van der Waals surface area contributed by atoms with Gasteiger partial charge in [0.1, 0.15) is 12.4 Å². The van der Waals surface area contributed by atoms with Gasteiger partial charge in [0, 0.05) is 16.6 Å². The van der Waals surface area contributed by atoms with Crippen molar-refractivity contribution in [3.63, 3.8) is 0 Å². The molecule has 0 unspecified atom stereocenters. The van der Waals surface area contributed by atoms with Crippen LogP contribution in [0.1, 0.15) is 21.5 Å². The second kappa shape index (κ2) is 8.65. The summed E-state index contributed by atoms with van der Waals surface area (Å²) in [5.74, 6) is 0.216. The molecule has 0 radical (unpaired) electrons. The third-order valence-electron chi connectivity index (χ3n) is 3.54. The number of halogens is 3. The van der Waals surface area contributed by atoms with Gasteiger partial charge in [-0.25, -0.2) is 4.79 Å². The van der Waals surface area contributed by atoms with Crippen molar-refractivity contribution in [2.45, 2.75) is 13.8 Å². The fourth-order valence-electron chi connectivity index (χ4n) is 2.36. The Kier molecular flexibility index (Phi) is 6.82. The van der Waals surface area contributed by atoms with Crippen molar-refractivity contribution in [3.05, 3.63) is 56.0 Å². The van der Waals surface area contributed by atoms with Crippen LogP contribution in [0.3, 0.4) is 0 Å². The van der Waals surface area contributed by atoms with Gasteiger partial charge in [-0.1, -0.05) is 34.8 Å². The van der Waals surface area contributed by atoms with Crippen molar-refractivity contribution in [1.82, 2.24) is 0 Å². The van der Waals surface area contributed by atoms with Gasteiger partial charge in [0.25, 0.3) is 0 Å². The number of nitrogens with one attached hydrogen (secondary N) is 1. The third kappa shape index (κ3) is 4.94. The van der Waals surface area contributed by atoms with Crippen molar-refractivity contribution >= 4 is 46.5 Å². The monoisotopic (exact) mass is 401 g/mol. The standard InChI is InChI=1S/C18H18Cl3NO3/c1-10-6-13(7-11(2)16(10)21)25-5-4-22-17-14(18(23)24-3)8-12(19)9-15(17)20/h6-9,22H,4-5H2,1-3H3. The Balaban J connectivity index is 2.04. The van der Waals surface area contributed by atoms with E-state index >= 15 is 0 Å². The summed E-state index contributed by atoms with van der Waals surface area (Å²) in [6.45, 7) is 4.67. The maximum Gasteiger partial charge on any atom is 0.340 e. The summed E-state index contributed by atoms with van der Waals surface area (Å²) in [6.07, 6.45) is 0. The number of anilines is 1. The number of carbonyl (C=O) groups is 1. The van der Waals surface area contributed by atoms with E-state index in [-0.39, 0.29) is 5.56 Å². The lowest BCUT2D eigenvalue weighted by Crippen LogP contribution is -2.15. The number of rotatable bonds is 6. The average Bonchev–Trinajstić information content (AvgIpc) is 2.56. The van der Waals surface area contributed by atoms with Gasteiger partial charge in [0.05, 0.1) is 23.4 Å². The average molecular weight is 403 g/mol. The lowest BCUT2D eigenvalue weighted by molar-refractivity contribution is 0.0602. The molecule has 2 aromatic rings. The maximum atomic E-state index is 11.9. The van der Waals surface area contributed by atoms with Crippen LogP contribution in [-0.2, 0) is 4.74 Å². The summed E-state index contributed by atoms with van der Waals surface area (Å²) in [5.41, 5.74) is 2.65. The fraction of sp³-hybridized carbons (Fsp3) is 0.278. The molecule has 25 heavy (non-hydrogen) atoms. The summed E-state index contributed by atoms with van der Waals surface area (Å²) >= 11 is 18.3. The Labute approximate surface area is 162 Å². The first-order valence-corrected chi connectivity index (χ1v) is 8.67. The lowest BCUT2D eigenvalue weighted by Gasteiger charge is -2.14. The van der Waals surface area contributed by atoms with Crippen LogP contribution in [0, 0.1) is 13.8 Å². The summed E-state index contributed by atoms with van der Waals surface area (Å²) in [4.78, 5) is 11.9. The molecule has 0 aromatic heterocycles. The quantitative estimate of drug-likeness (QED) is 0.509. The lowest BCUT2D eigenvalue weighted by atomic mass is 10.1. The zero-order chi connectivity index (χ0) is 18.6. The maximum absolute atomic E-state index is 11.9. The highest BCUT2D eigenvalue weighted by atomic mass is 35.5. The Morgan fingerprint density at radius 2 is 1.72 bits per heavy atom. The third-order valence-corrected chi connectivity index (χ3v) is 4.66. The zero-order valence-electron chi connectivity index (χ0n) is 14.1. The molecule has 1 N–H and O–H groups in total. The van der Waals surface area contributed by atoms with Crippen molar-refractivity contribution in [2.24, 2.45) is 0 Å². The van der Waals surface area contributed by atoms with E-state index in [0.29, 0.717) is 28.9 Å². The van der Waals surface area contributed by atoms with E-state index in [1.165, 1.54) is 13.2 Å². The largest absolute Gasteiger partial charge is 0.492 e. The van der Waals surface area contributed by atoms with E-state index in [1.54, 1.807) is 6.07 Å². The fourth-order valence-corrected chi connectivity index (χ4v) is 3.03. The second-order valence-electron chi connectivity index (χ2n) is 5.45. The summed E-state index contributed by atoms with van der Waals surface area (Å²) < 4.78 is 10.5. The minimum Gasteiger partial charge on any atom is -0.492 e. The summed E-state index contributed by atoms with van der Waals surface area (Å²) in [6, 6.07) is 6.83. The number of carbonyl (C=O) groups excluding carboxylic acids is 1. The molecule has 4 nitrogen and oxygen atoms in total. The molecular formula is C18H18Cl3NO3. The SMILES string of the molecule is COC(=O)c1cc(Cl)cc(Cl)c1NCCOc1cc(C)c(Cl)c(C)c1. The molecule has 2 rings (SSSR count). The minimum absolute atomic E-state index is 0.276. The number of benzene rings is 2. The molecule has 0 spiro atoms. The van der Waals surface area contributed by atoms with E-state index in [0.717, 1.165) is 21.9 Å². The molecule has 0 amide bonds.